The van der Waals surface area contributed by atoms with Gasteiger partial charge in [0, 0.05) is 28.4 Å². The Kier molecular flexibility index (Phi) is 7.43. The highest BCUT2D eigenvalue weighted by Gasteiger charge is 2.35. The Bertz CT molecular complexity index is 1080. The van der Waals surface area contributed by atoms with Gasteiger partial charge in [-0.2, -0.15) is 0 Å². The topological polar surface area (TPSA) is 61.3 Å². The van der Waals surface area contributed by atoms with E-state index in [1.54, 1.807) is 36.7 Å². The average molecular weight is 467 g/mol. The second-order valence-corrected chi connectivity index (χ2v) is 10.6. The highest BCUT2D eigenvalue weighted by atomic mass is 35.5. The van der Waals surface area contributed by atoms with Gasteiger partial charge in [0.25, 0.3) is 0 Å². The fourth-order valence-corrected chi connectivity index (χ4v) is 3.57. The molecule has 3 aromatic rings. The molecule has 0 N–H and O–H groups in total. The maximum Gasteiger partial charge on any atom is 0.314 e. The maximum atomic E-state index is 13.1. The molecule has 0 aliphatic carbocycles. The van der Waals surface area contributed by atoms with Crippen molar-refractivity contribution in [2.45, 2.75) is 59.5 Å². The van der Waals surface area contributed by atoms with E-state index in [9.17, 15) is 4.79 Å². The van der Waals surface area contributed by atoms with Crippen molar-refractivity contribution in [1.29, 1.82) is 0 Å². The van der Waals surface area contributed by atoms with Gasteiger partial charge in [-0.1, -0.05) is 65.3 Å². The number of aromatic nitrogens is 2. The average Bonchev–Trinajstić information content (AvgIpc) is 2.73. The van der Waals surface area contributed by atoms with E-state index in [1.807, 2.05) is 45.0 Å². The number of benzene rings is 2. The standard InChI is InChI=1S/C27H31ClN2O3/c1-26(2,3)23(19-15-29-25(30-16-19)27(4,5)6)24(31)32-17-18-8-7-9-22(14-18)33-21-12-10-20(28)11-13-21/h7-16,23H,17H2,1-6H3. The normalized spacial score (nSPS) is 12.8. The summed E-state index contributed by atoms with van der Waals surface area (Å²) in [7, 11) is 0. The SMILES string of the molecule is CC(C)(C)c1ncc(C(C(=O)OCc2cccc(Oc3ccc(Cl)cc3)c2)C(C)(C)C)cn1. The molecule has 0 saturated heterocycles. The molecular formula is C27H31ClN2O3. The number of nitrogens with zero attached hydrogens (tertiary/aromatic N) is 2. The van der Waals surface area contributed by atoms with Gasteiger partial charge in [0.2, 0.25) is 0 Å². The highest BCUT2D eigenvalue weighted by molar-refractivity contribution is 6.30. The summed E-state index contributed by atoms with van der Waals surface area (Å²) in [5.41, 5.74) is 1.07. The zero-order chi connectivity index (χ0) is 24.2. The van der Waals surface area contributed by atoms with E-state index in [1.165, 1.54) is 0 Å². The summed E-state index contributed by atoms with van der Waals surface area (Å²) in [6.45, 7) is 12.3. The number of ether oxygens (including phenoxy) is 2. The third-order valence-electron chi connectivity index (χ3n) is 5.11. The molecule has 5 nitrogen and oxygen atoms in total. The Labute approximate surface area is 201 Å². The van der Waals surface area contributed by atoms with Gasteiger partial charge in [-0.15, -0.1) is 0 Å². The Morgan fingerprint density at radius 2 is 1.58 bits per heavy atom. The third kappa shape index (κ3) is 6.78. The molecule has 1 aromatic heterocycles. The van der Waals surface area contributed by atoms with Crippen molar-refractivity contribution < 1.29 is 14.3 Å². The van der Waals surface area contributed by atoms with Crippen LogP contribution in [0.15, 0.2) is 60.9 Å². The van der Waals surface area contributed by atoms with Gasteiger partial charge < -0.3 is 9.47 Å². The molecule has 1 unspecified atom stereocenters. The first-order chi connectivity index (χ1) is 15.4. The second kappa shape index (κ2) is 9.92. The lowest BCUT2D eigenvalue weighted by Gasteiger charge is -2.29. The summed E-state index contributed by atoms with van der Waals surface area (Å²) in [5, 5.41) is 0.648. The fraction of sp³-hybridized carbons (Fsp3) is 0.370. The summed E-state index contributed by atoms with van der Waals surface area (Å²) in [4.78, 5) is 22.1. The van der Waals surface area contributed by atoms with Gasteiger partial charge >= 0.3 is 5.97 Å². The predicted molar refractivity (Wildman–Crippen MR) is 131 cm³/mol. The molecule has 0 aliphatic rings. The molecule has 1 atom stereocenters. The largest absolute Gasteiger partial charge is 0.460 e. The maximum absolute atomic E-state index is 13.1. The third-order valence-corrected chi connectivity index (χ3v) is 5.36. The van der Waals surface area contributed by atoms with E-state index < -0.39 is 5.92 Å². The first-order valence-corrected chi connectivity index (χ1v) is 11.3. The lowest BCUT2D eigenvalue weighted by Crippen LogP contribution is -2.29. The van der Waals surface area contributed by atoms with Crippen molar-refractivity contribution in [3.8, 4) is 11.5 Å². The van der Waals surface area contributed by atoms with Gasteiger partial charge in [-0.05, 0) is 47.4 Å². The van der Waals surface area contributed by atoms with Crippen molar-refractivity contribution in [1.82, 2.24) is 9.97 Å². The van der Waals surface area contributed by atoms with Crippen molar-refractivity contribution in [3.05, 3.63) is 82.9 Å². The van der Waals surface area contributed by atoms with Crippen LogP contribution in [0.2, 0.25) is 5.02 Å². The molecule has 1 heterocycles. The number of hydrogen-bond acceptors (Lipinski definition) is 5. The lowest BCUT2D eigenvalue weighted by atomic mass is 9.77. The molecule has 0 spiro atoms. The summed E-state index contributed by atoms with van der Waals surface area (Å²) in [5.74, 6) is 1.29. The molecule has 6 heteroatoms. The lowest BCUT2D eigenvalue weighted by molar-refractivity contribution is -0.149. The van der Waals surface area contributed by atoms with Crippen LogP contribution in [0, 0.1) is 5.41 Å². The van der Waals surface area contributed by atoms with E-state index in [-0.39, 0.29) is 23.4 Å². The van der Waals surface area contributed by atoms with Crippen LogP contribution in [0.4, 0.5) is 0 Å². The number of esters is 1. The number of carbonyl (C=O) groups is 1. The summed E-state index contributed by atoms with van der Waals surface area (Å²) in [6.07, 6.45) is 3.48. The van der Waals surface area contributed by atoms with Crippen LogP contribution in [0.5, 0.6) is 11.5 Å². The van der Waals surface area contributed by atoms with Crippen LogP contribution < -0.4 is 4.74 Å². The minimum atomic E-state index is -0.486. The molecule has 0 bridgehead atoms. The first-order valence-electron chi connectivity index (χ1n) is 10.9. The molecule has 0 saturated carbocycles. The van der Waals surface area contributed by atoms with Crippen LogP contribution in [0.1, 0.15) is 64.4 Å². The molecule has 0 fully saturated rings. The number of hydrogen-bond donors (Lipinski definition) is 0. The van der Waals surface area contributed by atoms with Crippen LogP contribution in [-0.4, -0.2) is 15.9 Å². The summed E-state index contributed by atoms with van der Waals surface area (Å²) >= 11 is 5.93. The molecule has 0 amide bonds. The second-order valence-electron chi connectivity index (χ2n) is 10.2. The quantitative estimate of drug-likeness (QED) is 0.363. The van der Waals surface area contributed by atoms with Crippen molar-refractivity contribution >= 4 is 17.6 Å². The molecule has 174 valence electrons. The minimum Gasteiger partial charge on any atom is -0.460 e. The van der Waals surface area contributed by atoms with Gasteiger partial charge in [-0.25, -0.2) is 9.97 Å². The Balaban J connectivity index is 1.71. The Hall–Kier alpha value is -2.92. The molecule has 33 heavy (non-hydrogen) atoms. The Morgan fingerprint density at radius 3 is 2.15 bits per heavy atom. The van der Waals surface area contributed by atoms with Gasteiger partial charge in [0.05, 0.1) is 5.92 Å². The van der Waals surface area contributed by atoms with E-state index in [4.69, 9.17) is 21.1 Å². The smallest absolute Gasteiger partial charge is 0.314 e. The summed E-state index contributed by atoms with van der Waals surface area (Å²) in [6, 6.07) is 14.6. The fourth-order valence-electron chi connectivity index (χ4n) is 3.44. The van der Waals surface area contributed by atoms with Gasteiger partial charge in [-0.3, -0.25) is 4.79 Å². The van der Waals surface area contributed by atoms with Gasteiger partial charge in [0.15, 0.2) is 0 Å². The monoisotopic (exact) mass is 466 g/mol. The molecule has 2 aromatic carbocycles. The summed E-state index contributed by atoms with van der Waals surface area (Å²) < 4.78 is 11.6. The van der Waals surface area contributed by atoms with Crippen LogP contribution in [0.3, 0.4) is 0 Å². The van der Waals surface area contributed by atoms with Crippen molar-refractivity contribution in [3.63, 3.8) is 0 Å². The van der Waals surface area contributed by atoms with E-state index >= 15 is 0 Å². The zero-order valence-electron chi connectivity index (χ0n) is 20.1. The van der Waals surface area contributed by atoms with E-state index in [0.717, 1.165) is 17.0 Å². The molecule has 0 radical (unpaired) electrons. The molecule has 3 rings (SSSR count). The first kappa shape index (κ1) is 24.7. The molecule has 0 aliphatic heterocycles. The van der Waals surface area contributed by atoms with E-state index in [0.29, 0.717) is 16.5 Å². The zero-order valence-corrected chi connectivity index (χ0v) is 20.8. The minimum absolute atomic E-state index is 0.143. The van der Waals surface area contributed by atoms with E-state index in [2.05, 4.69) is 30.7 Å². The molecular weight excluding hydrogens is 436 g/mol. The predicted octanol–water partition coefficient (Wildman–Crippen LogP) is 7.09. The Morgan fingerprint density at radius 1 is 0.939 bits per heavy atom. The van der Waals surface area contributed by atoms with Gasteiger partial charge in [0.1, 0.15) is 23.9 Å². The number of rotatable bonds is 6. The van der Waals surface area contributed by atoms with Crippen LogP contribution in [-0.2, 0) is 21.6 Å². The van der Waals surface area contributed by atoms with Crippen LogP contribution >= 0.6 is 11.6 Å². The van der Waals surface area contributed by atoms with Crippen LogP contribution in [0.25, 0.3) is 0 Å². The highest BCUT2D eigenvalue weighted by Crippen LogP contribution is 2.36. The van der Waals surface area contributed by atoms with Crippen molar-refractivity contribution in [2.75, 3.05) is 0 Å². The number of halogens is 1. The van der Waals surface area contributed by atoms with Crippen molar-refractivity contribution in [2.24, 2.45) is 5.41 Å². The number of carbonyl (C=O) groups excluding carboxylic acids is 1.